The Morgan fingerprint density at radius 3 is 1.83 bits per heavy atom. The second-order valence-corrected chi connectivity index (χ2v) is 13.0. The molecule has 0 saturated carbocycles. The fourth-order valence-electron chi connectivity index (χ4n) is 2.81. The Morgan fingerprint density at radius 2 is 1.41 bits per heavy atom. The van der Waals surface area contributed by atoms with Crippen molar-refractivity contribution in [2.24, 2.45) is 0 Å². The first-order valence-electron chi connectivity index (χ1n) is 10.1. The highest BCUT2D eigenvalue weighted by molar-refractivity contribution is 8.41. The van der Waals surface area contributed by atoms with Crippen LogP contribution in [0.25, 0.3) is 0 Å². The van der Waals surface area contributed by atoms with Crippen molar-refractivity contribution in [3.05, 3.63) is 0 Å². The maximum atomic E-state index is 12.6. The summed E-state index contributed by atoms with van der Waals surface area (Å²) in [5, 5.41) is 18.0. The SMILES string of the molecule is CCCCCCCCCCCCS(=O)(=O)C(=S)S(=O)(=O)C(C)(C#N)CCC(=O)O. The number of carboxylic acids is 1. The van der Waals surface area contributed by atoms with Gasteiger partial charge in [0.2, 0.25) is 13.4 Å². The summed E-state index contributed by atoms with van der Waals surface area (Å²) in [6, 6.07) is 1.53. The average molecular weight is 468 g/mol. The number of nitrogens with zero attached hydrogens (tertiary/aromatic N) is 1. The molecular formula is C19H33NO6S3. The molecule has 0 aromatic heterocycles. The van der Waals surface area contributed by atoms with Gasteiger partial charge in [-0.15, -0.1) is 0 Å². The molecule has 1 atom stereocenters. The lowest BCUT2D eigenvalue weighted by Crippen LogP contribution is -2.41. The van der Waals surface area contributed by atoms with E-state index in [0.717, 1.165) is 26.2 Å². The van der Waals surface area contributed by atoms with Crippen molar-refractivity contribution < 1.29 is 26.7 Å². The highest BCUT2D eigenvalue weighted by atomic mass is 32.3. The van der Waals surface area contributed by atoms with Gasteiger partial charge in [0.25, 0.3) is 0 Å². The third-order valence-corrected chi connectivity index (χ3v) is 11.0. The molecule has 0 saturated heterocycles. The summed E-state index contributed by atoms with van der Waals surface area (Å²) in [6.45, 7) is 3.18. The molecule has 0 heterocycles. The van der Waals surface area contributed by atoms with Gasteiger partial charge in [0.15, 0.2) is 14.6 Å². The molecule has 0 aromatic rings. The van der Waals surface area contributed by atoms with Crippen LogP contribution in [0.2, 0.25) is 0 Å². The Balaban J connectivity index is 4.60. The van der Waals surface area contributed by atoms with Gasteiger partial charge in [-0.2, -0.15) is 5.26 Å². The summed E-state index contributed by atoms with van der Waals surface area (Å²) in [5.41, 5.74) is 0. The van der Waals surface area contributed by atoms with Gasteiger partial charge in [-0.25, -0.2) is 16.8 Å². The lowest BCUT2D eigenvalue weighted by atomic mass is 10.1. The minimum Gasteiger partial charge on any atom is -0.481 e. The van der Waals surface area contributed by atoms with Crippen molar-refractivity contribution in [1.29, 1.82) is 5.26 Å². The summed E-state index contributed by atoms with van der Waals surface area (Å²) in [7, 11) is -8.86. The summed E-state index contributed by atoms with van der Waals surface area (Å²) >= 11 is 4.72. The highest BCUT2D eigenvalue weighted by Gasteiger charge is 2.46. The Labute approximate surface area is 180 Å². The van der Waals surface area contributed by atoms with Crippen molar-refractivity contribution in [3.8, 4) is 6.07 Å². The van der Waals surface area contributed by atoms with Crippen LogP contribution in [-0.4, -0.2) is 41.9 Å². The van der Waals surface area contributed by atoms with Gasteiger partial charge >= 0.3 is 5.97 Å². The Hall–Kier alpha value is -1.05. The van der Waals surface area contributed by atoms with E-state index >= 15 is 0 Å². The number of carbonyl (C=O) groups is 1. The van der Waals surface area contributed by atoms with Crippen molar-refractivity contribution in [1.82, 2.24) is 0 Å². The zero-order chi connectivity index (χ0) is 22.6. The minimum atomic E-state index is -4.65. The van der Waals surface area contributed by atoms with Gasteiger partial charge in [-0.3, -0.25) is 4.79 Å². The number of rotatable bonds is 15. The van der Waals surface area contributed by atoms with Gasteiger partial charge in [0.1, 0.15) is 0 Å². The van der Waals surface area contributed by atoms with Crippen molar-refractivity contribution >= 4 is 41.4 Å². The predicted octanol–water partition coefficient (Wildman–Crippen LogP) is 4.17. The Kier molecular flexibility index (Phi) is 12.8. The topological polar surface area (TPSA) is 129 Å². The molecule has 0 radical (unpaired) electrons. The Morgan fingerprint density at radius 1 is 0.966 bits per heavy atom. The van der Waals surface area contributed by atoms with Crippen molar-refractivity contribution in [2.75, 3.05) is 5.75 Å². The molecule has 0 aromatic carbocycles. The molecule has 0 aliphatic carbocycles. The van der Waals surface area contributed by atoms with Gasteiger partial charge < -0.3 is 5.11 Å². The highest BCUT2D eigenvalue weighted by Crippen LogP contribution is 2.27. The van der Waals surface area contributed by atoms with E-state index in [1.165, 1.54) is 38.2 Å². The fourth-order valence-corrected chi connectivity index (χ4v) is 7.36. The van der Waals surface area contributed by atoms with Crippen LogP contribution < -0.4 is 0 Å². The standard InChI is InChI=1S/C19H33NO6S3/c1-3-4-5-6-7-8-9-10-11-12-15-28(23,24)18(27)29(25,26)19(2,16-20)14-13-17(21)22/h3-15H2,1-2H3,(H,21,22). The molecule has 0 fully saturated rings. The van der Waals surface area contributed by atoms with E-state index in [1.807, 2.05) is 0 Å². The van der Waals surface area contributed by atoms with Gasteiger partial charge in [-0.05, 0) is 19.8 Å². The molecule has 0 aliphatic rings. The van der Waals surface area contributed by atoms with Crippen molar-refractivity contribution in [2.45, 2.75) is 95.6 Å². The average Bonchev–Trinajstić information content (AvgIpc) is 2.66. The van der Waals surface area contributed by atoms with Crippen LogP contribution in [0, 0.1) is 11.3 Å². The number of unbranched alkanes of at least 4 members (excludes halogenated alkanes) is 9. The minimum absolute atomic E-state index is 0.298. The third kappa shape index (κ3) is 9.53. The van der Waals surface area contributed by atoms with E-state index in [2.05, 4.69) is 6.92 Å². The maximum Gasteiger partial charge on any atom is 0.303 e. The second kappa shape index (κ2) is 13.3. The molecule has 0 rings (SSSR count). The largest absolute Gasteiger partial charge is 0.481 e. The lowest BCUT2D eigenvalue weighted by Gasteiger charge is -2.21. The number of nitriles is 1. The molecule has 7 nitrogen and oxygen atoms in total. The van der Waals surface area contributed by atoms with Crippen LogP contribution in [-0.2, 0) is 24.5 Å². The molecule has 1 unspecified atom stereocenters. The van der Waals surface area contributed by atoms with Crippen LogP contribution in [0.3, 0.4) is 0 Å². The smallest absolute Gasteiger partial charge is 0.303 e. The van der Waals surface area contributed by atoms with Crippen LogP contribution in [0.1, 0.15) is 90.9 Å². The number of hydrogen-bond acceptors (Lipinski definition) is 7. The molecular weight excluding hydrogens is 434 g/mol. The first-order valence-corrected chi connectivity index (χ1v) is 13.6. The van der Waals surface area contributed by atoms with Gasteiger partial charge in [0, 0.05) is 6.42 Å². The summed E-state index contributed by atoms with van der Waals surface area (Å²) in [5.74, 6) is -1.66. The number of hydrogen-bond donors (Lipinski definition) is 1. The van der Waals surface area contributed by atoms with E-state index in [1.54, 1.807) is 0 Å². The van der Waals surface area contributed by atoms with E-state index in [4.69, 9.17) is 17.3 Å². The van der Waals surface area contributed by atoms with E-state index in [9.17, 15) is 26.9 Å². The van der Waals surface area contributed by atoms with Crippen molar-refractivity contribution in [3.63, 3.8) is 0 Å². The zero-order valence-corrected chi connectivity index (χ0v) is 19.8. The lowest BCUT2D eigenvalue weighted by molar-refractivity contribution is -0.137. The summed E-state index contributed by atoms with van der Waals surface area (Å²) < 4.78 is 46.6. The van der Waals surface area contributed by atoms with E-state index in [0.29, 0.717) is 12.8 Å². The predicted molar refractivity (Wildman–Crippen MR) is 118 cm³/mol. The first-order chi connectivity index (χ1) is 13.4. The number of carboxylic acid groups (broad SMARTS) is 1. The number of aliphatic carboxylic acids is 1. The van der Waals surface area contributed by atoms with Crippen LogP contribution in [0.5, 0.6) is 0 Å². The molecule has 10 heteroatoms. The molecule has 0 amide bonds. The molecule has 0 bridgehead atoms. The zero-order valence-electron chi connectivity index (χ0n) is 17.4. The quantitative estimate of drug-likeness (QED) is 0.280. The van der Waals surface area contributed by atoms with E-state index < -0.39 is 46.8 Å². The van der Waals surface area contributed by atoms with Crippen LogP contribution >= 0.6 is 12.2 Å². The van der Waals surface area contributed by atoms with Crippen LogP contribution in [0.15, 0.2) is 0 Å². The van der Waals surface area contributed by atoms with Crippen LogP contribution in [0.4, 0.5) is 0 Å². The molecule has 0 spiro atoms. The molecule has 0 aliphatic heterocycles. The van der Waals surface area contributed by atoms with Gasteiger partial charge in [-0.1, -0.05) is 76.9 Å². The Bertz CT molecular complexity index is 783. The first kappa shape index (κ1) is 27.9. The number of thiocarbonyl (C=S) groups is 1. The normalized spacial score (nSPS) is 14.1. The van der Waals surface area contributed by atoms with Gasteiger partial charge in [0.05, 0.1) is 11.8 Å². The molecule has 29 heavy (non-hydrogen) atoms. The number of sulfone groups is 2. The summed E-state index contributed by atoms with van der Waals surface area (Å²) in [4.78, 5) is 10.7. The third-order valence-electron chi connectivity index (χ3n) is 4.89. The monoisotopic (exact) mass is 467 g/mol. The molecule has 168 valence electrons. The van der Waals surface area contributed by atoms with E-state index in [-0.39, 0.29) is 5.75 Å². The maximum absolute atomic E-state index is 12.6. The summed E-state index contributed by atoms with van der Waals surface area (Å²) in [6.07, 6.45) is 8.92. The molecule has 1 N–H and O–H groups in total. The fraction of sp³-hybridized carbons (Fsp3) is 0.842. The second-order valence-electron chi connectivity index (χ2n) is 7.49.